The Morgan fingerprint density at radius 3 is 2.40 bits per heavy atom. The van der Waals surface area contributed by atoms with E-state index in [1.165, 1.54) is 26.4 Å². The summed E-state index contributed by atoms with van der Waals surface area (Å²) in [5, 5.41) is 0. The van der Waals surface area contributed by atoms with Crippen LogP contribution in [0.1, 0.15) is 29.3 Å². The summed E-state index contributed by atoms with van der Waals surface area (Å²) in [6, 6.07) is 12.4. The number of rotatable bonds is 6. The maximum Gasteiger partial charge on any atom is 0.269 e. The lowest BCUT2D eigenvalue weighted by atomic mass is 10.1. The third-order valence-corrected chi connectivity index (χ3v) is 5.04. The van der Waals surface area contributed by atoms with Gasteiger partial charge in [0.1, 0.15) is 11.5 Å². The fourth-order valence-corrected chi connectivity index (χ4v) is 3.31. The van der Waals surface area contributed by atoms with E-state index >= 15 is 0 Å². The molecule has 8 heteroatoms. The molecule has 0 aromatic heterocycles. The molecule has 0 saturated carbocycles. The number of carbonyl (C=O) groups is 3. The number of benzene rings is 2. The van der Waals surface area contributed by atoms with Crippen LogP contribution in [0.25, 0.3) is 0 Å². The molecule has 0 aliphatic carbocycles. The average molecular weight is 411 g/mol. The van der Waals surface area contributed by atoms with Gasteiger partial charge in [0.25, 0.3) is 5.91 Å². The van der Waals surface area contributed by atoms with Crippen molar-refractivity contribution in [1.82, 2.24) is 10.9 Å². The third-order valence-electron chi connectivity index (χ3n) is 5.04. The second-order valence-corrected chi connectivity index (χ2v) is 6.97. The summed E-state index contributed by atoms with van der Waals surface area (Å²) in [4.78, 5) is 39.0. The van der Waals surface area contributed by atoms with E-state index in [1.807, 2.05) is 31.2 Å². The molecule has 0 spiro atoms. The van der Waals surface area contributed by atoms with Gasteiger partial charge in [-0.15, -0.1) is 0 Å². The molecule has 1 heterocycles. The zero-order valence-electron chi connectivity index (χ0n) is 17.2. The van der Waals surface area contributed by atoms with Crippen LogP contribution in [0.3, 0.4) is 0 Å². The minimum atomic E-state index is -0.553. The molecule has 1 atom stereocenters. The van der Waals surface area contributed by atoms with Gasteiger partial charge in [0, 0.05) is 30.3 Å². The molecule has 158 valence electrons. The highest BCUT2D eigenvalue weighted by Crippen LogP contribution is 2.26. The van der Waals surface area contributed by atoms with Crippen LogP contribution in [-0.4, -0.2) is 38.5 Å². The number of nitrogens with one attached hydrogen (secondary N) is 2. The molecule has 1 saturated heterocycles. The molecule has 1 fully saturated rings. The highest BCUT2D eigenvalue weighted by Gasteiger charge is 2.35. The molecule has 30 heavy (non-hydrogen) atoms. The Kier molecular flexibility index (Phi) is 6.56. The van der Waals surface area contributed by atoms with Crippen LogP contribution >= 0.6 is 0 Å². The van der Waals surface area contributed by atoms with Crippen LogP contribution in [0.4, 0.5) is 5.69 Å². The minimum absolute atomic E-state index is 0.0883. The summed E-state index contributed by atoms with van der Waals surface area (Å²) in [7, 11) is 2.97. The summed E-state index contributed by atoms with van der Waals surface area (Å²) < 4.78 is 10.3. The lowest BCUT2D eigenvalue weighted by Crippen LogP contribution is -2.45. The number of carbonyl (C=O) groups excluding carboxylic acids is 3. The molecule has 2 aromatic rings. The molecule has 1 aliphatic heterocycles. The van der Waals surface area contributed by atoms with Crippen molar-refractivity contribution in [2.45, 2.75) is 19.8 Å². The lowest BCUT2D eigenvalue weighted by molar-refractivity contribution is -0.126. The molecule has 0 bridgehead atoms. The van der Waals surface area contributed by atoms with Crippen LogP contribution in [0, 0.1) is 5.92 Å². The molecule has 2 aromatic carbocycles. The Labute approximate surface area is 175 Å². The fourth-order valence-electron chi connectivity index (χ4n) is 3.31. The zero-order valence-corrected chi connectivity index (χ0v) is 17.2. The first-order valence-electron chi connectivity index (χ1n) is 9.67. The van der Waals surface area contributed by atoms with Gasteiger partial charge in [-0.3, -0.25) is 25.2 Å². The van der Waals surface area contributed by atoms with Gasteiger partial charge in [0.2, 0.25) is 11.8 Å². The second kappa shape index (κ2) is 9.30. The van der Waals surface area contributed by atoms with Crippen molar-refractivity contribution in [2.75, 3.05) is 25.7 Å². The van der Waals surface area contributed by atoms with Crippen molar-refractivity contribution in [3.05, 3.63) is 53.6 Å². The van der Waals surface area contributed by atoms with Gasteiger partial charge < -0.3 is 14.4 Å². The van der Waals surface area contributed by atoms with Crippen molar-refractivity contribution in [3.63, 3.8) is 0 Å². The summed E-state index contributed by atoms with van der Waals surface area (Å²) in [6.07, 6.45) is 0.950. The molecule has 1 unspecified atom stereocenters. The summed E-state index contributed by atoms with van der Waals surface area (Å²) in [5.41, 5.74) is 6.97. The van der Waals surface area contributed by atoms with Gasteiger partial charge in [-0.2, -0.15) is 0 Å². The maximum absolute atomic E-state index is 12.5. The van der Waals surface area contributed by atoms with Crippen molar-refractivity contribution in [2.24, 2.45) is 5.92 Å². The van der Waals surface area contributed by atoms with Gasteiger partial charge in [0.15, 0.2) is 0 Å². The Hall–Kier alpha value is -3.55. The van der Waals surface area contributed by atoms with Crippen LogP contribution in [-0.2, 0) is 16.0 Å². The van der Waals surface area contributed by atoms with Gasteiger partial charge in [-0.05, 0) is 36.2 Å². The number of hydrogen-bond acceptors (Lipinski definition) is 5. The predicted octanol–water partition coefficient (Wildman–Crippen LogP) is 2.08. The molecule has 8 nitrogen and oxygen atoms in total. The molecular formula is C22H25N3O5. The number of anilines is 1. The largest absolute Gasteiger partial charge is 0.497 e. The highest BCUT2D eigenvalue weighted by atomic mass is 16.5. The quantitative estimate of drug-likeness (QED) is 0.710. The highest BCUT2D eigenvalue weighted by molar-refractivity contribution is 6.01. The van der Waals surface area contributed by atoms with Gasteiger partial charge >= 0.3 is 0 Å². The van der Waals surface area contributed by atoms with Crippen LogP contribution in [0.5, 0.6) is 11.5 Å². The summed E-state index contributed by atoms with van der Waals surface area (Å²) in [6.45, 7) is 2.31. The Morgan fingerprint density at radius 2 is 1.77 bits per heavy atom. The van der Waals surface area contributed by atoms with E-state index in [0.29, 0.717) is 11.5 Å². The number of amides is 3. The Balaban J connectivity index is 1.61. The smallest absolute Gasteiger partial charge is 0.269 e. The van der Waals surface area contributed by atoms with Crippen LogP contribution in [0.15, 0.2) is 42.5 Å². The van der Waals surface area contributed by atoms with E-state index in [9.17, 15) is 14.4 Å². The molecule has 1 aliphatic rings. The van der Waals surface area contributed by atoms with Crippen LogP contribution in [0.2, 0.25) is 0 Å². The minimum Gasteiger partial charge on any atom is -0.497 e. The van der Waals surface area contributed by atoms with Gasteiger partial charge in [0.05, 0.1) is 20.1 Å². The number of ether oxygens (including phenoxy) is 2. The van der Waals surface area contributed by atoms with Crippen molar-refractivity contribution >= 4 is 23.4 Å². The number of hydrogen-bond donors (Lipinski definition) is 2. The topological polar surface area (TPSA) is 97.0 Å². The molecular weight excluding hydrogens is 386 g/mol. The normalized spacial score (nSPS) is 15.6. The molecule has 0 radical (unpaired) electrons. The first kappa shape index (κ1) is 21.2. The van der Waals surface area contributed by atoms with E-state index in [2.05, 4.69) is 10.9 Å². The van der Waals surface area contributed by atoms with Crippen LogP contribution < -0.4 is 25.2 Å². The van der Waals surface area contributed by atoms with E-state index in [1.54, 1.807) is 11.0 Å². The second-order valence-electron chi connectivity index (χ2n) is 6.97. The SMILES string of the molecule is CCc1cccc(N2CC(C(=O)NNC(=O)c3cc(OC)cc(OC)c3)CC2=O)c1. The fraction of sp³-hybridized carbons (Fsp3) is 0.318. The van der Waals surface area contributed by atoms with Gasteiger partial charge in [-0.1, -0.05) is 19.1 Å². The van der Waals surface area contributed by atoms with E-state index in [0.717, 1.165) is 17.7 Å². The zero-order chi connectivity index (χ0) is 21.7. The number of methoxy groups -OCH3 is 2. The van der Waals surface area contributed by atoms with E-state index < -0.39 is 17.7 Å². The van der Waals surface area contributed by atoms with E-state index in [-0.39, 0.29) is 24.4 Å². The molecule has 3 rings (SSSR count). The lowest BCUT2D eigenvalue weighted by Gasteiger charge is -2.17. The standard InChI is InChI=1S/C22H25N3O5/c1-4-14-6-5-7-17(8-14)25-13-16(11-20(25)26)22(28)24-23-21(27)15-9-18(29-2)12-19(10-15)30-3/h5-10,12,16H,4,11,13H2,1-3H3,(H,23,27)(H,24,28). The van der Waals surface area contributed by atoms with Gasteiger partial charge in [-0.25, -0.2) is 0 Å². The summed E-state index contributed by atoms with van der Waals surface area (Å²) >= 11 is 0. The van der Waals surface area contributed by atoms with Crippen molar-refractivity contribution in [3.8, 4) is 11.5 Å². The summed E-state index contributed by atoms with van der Waals surface area (Å²) in [5.74, 6) is -0.692. The number of hydrazine groups is 1. The molecule has 3 amide bonds. The first-order valence-corrected chi connectivity index (χ1v) is 9.67. The predicted molar refractivity (Wildman–Crippen MR) is 111 cm³/mol. The Morgan fingerprint density at radius 1 is 1.07 bits per heavy atom. The average Bonchev–Trinajstić information content (AvgIpc) is 3.18. The maximum atomic E-state index is 12.5. The third kappa shape index (κ3) is 4.71. The number of nitrogens with zero attached hydrogens (tertiary/aromatic N) is 1. The molecule has 2 N–H and O–H groups in total. The van der Waals surface area contributed by atoms with Crippen molar-refractivity contribution in [1.29, 1.82) is 0 Å². The Bertz CT molecular complexity index is 937. The number of aryl methyl sites for hydroxylation is 1. The monoisotopic (exact) mass is 411 g/mol. The van der Waals surface area contributed by atoms with E-state index in [4.69, 9.17) is 9.47 Å². The first-order chi connectivity index (χ1) is 14.4. The van der Waals surface area contributed by atoms with Crippen molar-refractivity contribution < 1.29 is 23.9 Å².